The molecule has 0 unspecified atom stereocenters. The number of carbonyl (C=O) groups is 2. The van der Waals surface area contributed by atoms with Crippen molar-refractivity contribution in [2.24, 2.45) is 0 Å². The molecule has 0 N–H and O–H groups in total. The monoisotopic (exact) mass is 320 g/mol. The van der Waals surface area contributed by atoms with E-state index >= 15 is 0 Å². The van der Waals surface area contributed by atoms with Crippen molar-refractivity contribution in [3.05, 3.63) is 53.3 Å². The summed E-state index contributed by atoms with van der Waals surface area (Å²) in [6, 6.07) is 8.72. The van der Waals surface area contributed by atoms with Crippen LogP contribution in [0.15, 0.2) is 42.7 Å². The molecule has 0 aliphatic rings. The van der Waals surface area contributed by atoms with Crippen molar-refractivity contribution < 1.29 is 9.59 Å². The van der Waals surface area contributed by atoms with E-state index in [9.17, 15) is 9.59 Å². The first-order chi connectivity index (χ1) is 10.5. The molecular formula is C15H17ClN4O2. The Morgan fingerprint density at radius 2 is 1.77 bits per heavy atom. The van der Waals surface area contributed by atoms with Crippen molar-refractivity contribution in [3.63, 3.8) is 0 Å². The highest BCUT2D eigenvalue weighted by Crippen LogP contribution is 2.06. The molecule has 0 aliphatic heterocycles. The fraction of sp³-hybridized carbons (Fsp3) is 0.267. The molecule has 2 aromatic rings. The quantitative estimate of drug-likeness (QED) is 0.868. The lowest BCUT2D eigenvalue weighted by Crippen LogP contribution is -2.39. The highest BCUT2D eigenvalue weighted by Gasteiger charge is 2.15. The molecule has 0 saturated heterocycles. The van der Waals surface area contributed by atoms with Gasteiger partial charge in [0.25, 0.3) is 5.91 Å². The minimum atomic E-state index is -0.299. The zero-order chi connectivity index (χ0) is 16.1. The summed E-state index contributed by atoms with van der Waals surface area (Å²) in [6.07, 6.45) is 2.84. The molecule has 6 nitrogen and oxygen atoms in total. The van der Waals surface area contributed by atoms with Gasteiger partial charge in [0.1, 0.15) is 0 Å². The van der Waals surface area contributed by atoms with Crippen LogP contribution in [0.5, 0.6) is 0 Å². The van der Waals surface area contributed by atoms with Gasteiger partial charge in [0, 0.05) is 32.7 Å². The van der Waals surface area contributed by atoms with E-state index in [0.29, 0.717) is 23.7 Å². The lowest BCUT2D eigenvalue weighted by atomic mass is 10.2. The minimum Gasteiger partial charge on any atom is -0.340 e. The minimum absolute atomic E-state index is 0.0800. The number of carbonyl (C=O) groups excluding carboxylic acids is 2. The summed E-state index contributed by atoms with van der Waals surface area (Å²) in [7, 11) is 3.36. The van der Waals surface area contributed by atoms with Gasteiger partial charge in [0.2, 0.25) is 0 Å². The number of amides is 2. The normalized spacial score (nSPS) is 10.3. The molecule has 116 valence electrons. The van der Waals surface area contributed by atoms with Gasteiger partial charge in [-0.1, -0.05) is 29.8 Å². The molecule has 2 amide bonds. The van der Waals surface area contributed by atoms with Crippen molar-refractivity contribution >= 4 is 23.5 Å². The molecule has 1 heterocycles. The predicted molar refractivity (Wildman–Crippen MR) is 84.1 cm³/mol. The van der Waals surface area contributed by atoms with Gasteiger partial charge in [0.15, 0.2) is 0 Å². The zero-order valence-electron chi connectivity index (χ0n) is 12.4. The highest BCUT2D eigenvalue weighted by atomic mass is 35.5. The molecule has 0 radical (unpaired) electrons. The molecule has 0 fully saturated rings. The maximum absolute atomic E-state index is 12.2. The van der Waals surface area contributed by atoms with Crippen LogP contribution >= 0.6 is 11.6 Å². The number of likely N-dealkylation sites (N-methyl/N-ethyl adjacent to an activating group) is 2. The number of nitrogens with zero attached hydrogens (tertiary/aromatic N) is 4. The second-order valence-corrected chi connectivity index (χ2v) is 5.34. The van der Waals surface area contributed by atoms with Gasteiger partial charge in [-0.3, -0.25) is 4.79 Å². The summed E-state index contributed by atoms with van der Waals surface area (Å²) in [5, 5.41) is 4.26. The molecule has 1 aromatic carbocycles. The smallest absolute Gasteiger partial charge is 0.340 e. The molecular weight excluding hydrogens is 304 g/mol. The molecule has 22 heavy (non-hydrogen) atoms. The Hall–Kier alpha value is -2.34. The van der Waals surface area contributed by atoms with Gasteiger partial charge in [-0.05, 0) is 12.1 Å². The van der Waals surface area contributed by atoms with Gasteiger partial charge in [0.05, 0.1) is 17.4 Å². The van der Waals surface area contributed by atoms with E-state index in [0.717, 1.165) is 0 Å². The van der Waals surface area contributed by atoms with Crippen LogP contribution in [-0.4, -0.2) is 58.7 Å². The van der Waals surface area contributed by atoms with Crippen LogP contribution in [0.25, 0.3) is 0 Å². The SMILES string of the molecule is CN(CCN(C)C(=O)n1cc(Cl)cn1)C(=O)c1ccccc1. The number of hydrogen-bond acceptors (Lipinski definition) is 3. The van der Waals surface area contributed by atoms with Gasteiger partial charge in [-0.2, -0.15) is 9.78 Å². The molecule has 2 rings (SSSR count). The summed E-state index contributed by atoms with van der Waals surface area (Å²) in [4.78, 5) is 27.3. The summed E-state index contributed by atoms with van der Waals surface area (Å²) < 4.78 is 1.17. The third kappa shape index (κ3) is 3.85. The van der Waals surface area contributed by atoms with Crippen LogP contribution in [0, 0.1) is 0 Å². The number of rotatable bonds is 4. The molecule has 0 atom stereocenters. The van der Waals surface area contributed by atoms with E-state index in [2.05, 4.69) is 5.10 Å². The third-order valence-corrected chi connectivity index (χ3v) is 3.41. The Labute approximate surface area is 133 Å². The van der Waals surface area contributed by atoms with Crippen molar-refractivity contribution in [2.45, 2.75) is 0 Å². The Bertz CT molecular complexity index is 657. The highest BCUT2D eigenvalue weighted by molar-refractivity contribution is 6.30. The van der Waals surface area contributed by atoms with E-state index in [1.807, 2.05) is 18.2 Å². The van der Waals surface area contributed by atoms with Crippen LogP contribution < -0.4 is 0 Å². The number of benzene rings is 1. The Morgan fingerprint density at radius 3 is 2.36 bits per heavy atom. The number of halogens is 1. The van der Waals surface area contributed by atoms with Gasteiger partial charge >= 0.3 is 6.03 Å². The first kappa shape index (κ1) is 16.0. The maximum Gasteiger partial charge on any atom is 0.344 e. The summed E-state index contributed by atoms with van der Waals surface area (Å²) in [5.74, 6) is -0.0800. The Balaban J connectivity index is 1.89. The van der Waals surface area contributed by atoms with Crippen LogP contribution in [-0.2, 0) is 0 Å². The topological polar surface area (TPSA) is 58.4 Å². The van der Waals surface area contributed by atoms with E-state index in [1.165, 1.54) is 22.0 Å². The van der Waals surface area contributed by atoms with Gasteiger partial charge in [-0.25, -0.2) is 4.79 Å². The standard InChI is InChI=1S/C15H17ClN4O2/c1-18(14(21)12-6-4-3-5-7-12)8-9-19(2)15(22)20-11-13(16)10-17-20/h3-7,10-11H,8-9H2,1-2H3. The predicted octanol–water partition coefficient (Wildman–Crippen LogP) is 2.21. The molecule has 1 aromatic heterocycles. The molecule has 0 bridgehead atoms. The largest absolute Gasteiger partial charge is 0.344 e. The van der Waals surface area contributed by atoms with Gasteiger partial charge < -0.3 is 9.80 Å². The second kappa shape index (κ2) is 7.09. The third-order valence-electron chi connectivity index (χ3n) is 3.21. The molecule has 0 aliphatic carbocycles. The fourth-order valence-electron chi connectivity index (χ4n) is 1.88. The van der Waals surface area contributed by atoms with Crippen molar-refractivity contribution in [1.29, 1.82) is 0 Å². The van der Waals surface area contributed by atoms with Crippen LogP contribution in [0.1, 0.15) is 10.4 Å². The maximum atomic E-state index is 12.2. The summed E-state index contributed by atoms with van der Waals surface area (Å²) >= 11 is 5.74. The second-order valence-electron chi connectivity index (χ2n) is 4.90. The van der Waals surface area contributed by atoms with E-state index in [-0.39, 0.29) is 11.9 Å². The summed E-state index contributed by atoms with van der Waals surface area (Å²) in [6.45, 7) is 0.816. The summed E-state index contributed by atoms with van der Waals surface area (Å²) in [5.41, 5.74) is 0.623. The lowest BCUT2D eigenvalue weighted by molar-refractivity contribution is 0.0785. The first-order valence-corrected chi connectivity index (χ1v) is 7.13. The van der Waals surface area contributed by atoms with Gasteiger partial charge in [-0.15, -0.1) is 0 Å². The van der Waals surface area contributed by atoms with Crippen LogP contribution in [0.4, 0.5) is 4.79 Å². The van der Waals surface area contributed by atoms with E-state index in [4.69, 9.17) is 11.6 Å². The number of hydrogen-bond donors (Lipinski definition) is 0. The Morgan fingerprint density at radius 1 is 1.14 bits per heavy atom. The molecule has 7 heteroatoms. The first-order valence-electron chi connectivity index (χ1n) is 6.75. The average molecular weight is 321 g/mol. The van der Waals surface area contributed by atoms with Crippen LogP contribution in [0.3, 0.4) is 0 Å². The van der Waals surface area contributed by atoms with Crippen molar-refractivity contribution in [2.75, 3.05) is 27.2 Å². The molecule has 0 spiro atoms. The van der Waals surface area contributed by atoms with Crippen LogP contribution in [0.2, 0.25) is 5.02 Å². The van der Waals surface area contributed by atoms with Crippen molar-refractivity contribution in [3.8, 4) is 0 Å². The fourth-order valence-corrected chi connectivity index (χ4v) is 2.01. The number of aromatic nitrogens is 2. The van der Waals surface area contributed by atoms with E-state index < -0.39 is 0 Å². The van der Waals surface area contributed by atoms with E-state index in [1.54, 1.807) is 31.1 Å². The molecule has 0 saturated carbocycles. The van der Waals surface area contributed by atoms with Crippen molar-refractivity contribution in [1.82, 2.24) is 19.6 Å². The lowest BCUT2D eigenvalue weighted by Gasteiger charge is -2.22. The zero-order valence-corrected chi connectivity index (χ0v) is 13.2. The Kier molecular flexibility index (Phi) is 5.16. The average Bonchev–Trinajstić information content (AvgIpc) is 2.98.